The molecule has 1 aliphatic rings. The number of hydrogen-bond donors (Lipinski definition) is 1. The molecule has 30 heavy (non-hydrogen) atoms. The second-order valence-electron chi connectivity index (χ2n) is 7.18. The third-order valence-electron chi connectivity index (χ3n) is 5.14. The fraction of sp³-hybridized carbons (Fsp3) is 0.273. The van der Waals surface area contributed by atoms with Gasteiger partial charge in [-0.3, -0.25) is 9.78 Å². The highest BCUT2D eigenvalue weighted by Gasteiger charge is 2.52. The molecule has 1 aliphatic carbocycles. The van der Waals surface area contributed by atoms with Crippen LogP contribution in [0.25, 0.3) is 10.9 Å². The number of nitrogens with zero attached hydrogens (tertiary/aromatic N) is 1. The van der Waals surface area contributed by atoms with Gasteiger partial charge in [0.15, 0.2) is 23.1 Å². The van der Waals surface area contributed by atoms with Gasteiger partial charge in [-0.25, -0.2) is 4.39 Å². The normalized spacial score (nSPS) is 14.2. The third-order valence-corrected chi connectivity index (χ3v) is 5.14. The van der Waals surface area contributed by atoms with E-state index >= 15 is 0 Å². The molecular weight excluding hydrogens is 391 g/mol. The van der Waals surface area contributed by atoms with Gasteiger partial charge in [0.05, 0.1) is 19.7 Å². The molecule has 2 aromatic carbocycles. The van der Waals surface area contributed by atoms with E-state index in [1.807, 2.05) is 0 Å². The summed E-state index contributed by atoms with van der Waals surface area (Å²) in [5.41, 5.74) is 5.87. The molecule has 7 nitrogen and oxygen atoms in total. The van der Waals surface area contributed by atoms with Crippen molar-refractivity contribution >= 4 is 22.6 Å². The van der Waals surface area contributed by atoms with Gasteiger partial charge in [-0.2, -0.15) is 0 Å². The van der Waals surface area contributed by atoms with Crippen molar-refractivity contribution in [3.05, 3.63) is 48.4 Å². The number of rotatable bonds is 7. The number of pyridine rings is 1. The molecule has 1 saturated carbocycles. The van der Waals surface area contributed by atoms with Crippen LogP contribution in [0.1, 0.15) is 12.8 Å². The van der Waals surface area contributed by atoms with Crippen molar-refractivity contribution in [2.24, 2.45) is 5.41 Å². The van der Waals surface area contributed by atoms with E-state index in [1.165, 1.54) is 26.4 Å². The number of methoxy groups -OCH3 is 2. The first-order valence-corrected chi connectivity index (χ1v) is 9.36. The summed E-state index contributed by atoms with van der Waals surface area (Å²) in [5, 5.41) is 0.618. The molecule has 1 fully saturated rings. The largest absolute Gasteiger partial charge is 0.493 e. The van der Waals surface area contributed by atoms with E-state index in [2.05, 4.69) is 4.98 Å². The molecule has 1 aromatic heterocycles. The SMILES string of the molecule is COC(=O)C1(COc2cc3nccc(Oc4ccc(N)cc4F)c3cc2OC)CC1. The van der Waals surface area contributed by atoms with Gasteiger partial charge in [0, 0.05) is 29.4 Å². The van der Waals surface area contributed by atoms with Crippen LogP contribution >= 0.6 is 0 Å². The summed E-state index contributed by atoms with van der Waals surface area (Å²) in [6, 6.07) is 9.26. The van der Waals surface area contributed by atoms with Crippen molar-refractivity contribution in [3.63, 3.8) is 0 Å². The minimum atomic E-state index is -0.597. The van der Waals surface area contributed by atoms with E-state index in [0.717, 1.165) is 12.8 Å². The van der Waals surface area contributed by atoms with Crippen LogP contribution in [0.4, 0.5) is 10.1 Å². The molecule has 8 heteroatoms. The number of aromatic nitrogens is 1. The third kappa shape index (κ3) is 3.68. The highest BCUT2D eigenvalue weighted by Crippen LogP contribution is 2.48. The molecule has 1 heterocycles. The summed E-state index contributed by atoms with van der Waals surface area (Å²) >= 11 is 0. The van der Waals surface area contributed by atoms with Gasteiger partial charge in [0.1, 0.15) is 17.8 Å². The average molecular weight is 412 g/mol. The minimum Gasteiger partial charge on any atom is -0.493 e. The van der Waals surface area contributed by atoms with Crippen molar-refractivity contribution in [1.82, 2.24) is 4.98 Å². The van der Waals surface area contributed by atoms with Crippen molar-refractivity contribution in [2.45, 2.75) is 12.8 Å². The molecule has 0 amide bonds. The maximum absolute atomic E-state index is 14.2. The molecule has 2 N–H and O–H groups in total. The molecule has 0 unspecified atom stereocenters. The van der Waals surface area contributed by atoms with Gasteiger partial charge >= 0.3 is 5.97 Å². The van der Waals surface area contributed by atoms with Crippen LogP contribution in [-0.4, -0.2) is 31.8 Å². The smallest absolute Gasteiger partial charge is 0.315 e. The lowest BCUT2D eigenvalue weighted by Crippen LogP contribution is -2.24. The van der Waals surface area contributed by atoms with Gasteiger partial charge in [0.25, 0.3) is 0 Å². The van der Waals surface area contributed by atoms with Crippen LogP contribution in [0.15, 0.2) is 42.6 Å². The Balaban J connectivity index is 1.64. The van der Waals surface area contributed by atoms with E-state index < -0.39 is 11.2 Å². The van der Waals surface area contributed by atoms with Crippen LogP contribution in [0.3, 0.4) is 0 Å². The number of fused-ring (bicyclic) bond motifs is 1. The molecule has 4 rings (SSSR count). The van der Waals surface area contributed by atoms with Gasteiger partial charge in [-0.1, -0.05) is 0 Å². The number of halogens is 1. The van der Waals surface area contributed by atoms with Crippen molar-refractivity contribution in [1.29, 1.82) is 0 Å². The topological polar surface area (TPSA) is 92.9 Å². The van der Waals surface area contributed by atoms with Crippen molar-refractivity contribution < 1.29 is 28.1 Å². The quantitative estimate of drug-likeness (QED) is 0.461. The lowest BCUT2D eigenvalue weighted by molar-refractivity contribution is -0.148. The summed E-state index contributed by atoms with van der Waals surface area (Å²) in [7, 11) is 2.88. The lowest BCUT2D eigenvalue weighted by atomic mass is 10.1. The molecule has 156 valence electrons. The van der Waals surface area contributed by atoms with Crippen molar-refractivity contribution in [2.75, 3.05) is 26.6 Å². The Morgan fingerprint density at radius 3 is 2.57 bits per heavy atom. The highest BCUT2D eigenvalue weighted by atomic mass is 19.1. The maximum atomic E-state index is 14.2. The zero-order chi connectivity index (χ0) is 21.3. The number of carbonyl (C=O) groups excluding carboxylic acids is 1. The summed E-state index contributed by atoms with van der Waals surface area (Å²) in [4.78, 5) is 16.3. The van der Waals surface area contributed by atoms with Gasteiger partial charge in [0.2, 0.25) is 0 Å². The Hall–Kier alpha value is -3.55. The molecular formula is C22H21FN2O5. The molecule has 0 atom stereocenters. The summed E-state index contributed by atoms with van der Waals surface area (Å²) < 4.78 is 36.1. The summed E-state index contributed by atoms with van der Waals surface area (Å²) in [6.45, 7) is 0.189. The number of ether oxygens (including phenoxy) is 4. The van der Waals surface area contributed by atoms with Gasteiger partial charge < -0.3 is 24.7 Å². The Morgan fingerprint density at radius 2 is 1.90 bits per heavy atom. The van der Waals surface area contributed by atoms with Crippen LogP contribution in [-0.2, 0) is 9.53 Å². The number of nitrogens with two attached hydrogens (primary N) is 1. The zero-order valence-electron chi connectivity index (χ0n) is 16.6. The number of nitrogen functional groups attached to an aromatic ring is 1. The predicted molar refractivity (Wildman–Crippen MR) is 108 cm³/mol. The Morgan fingerprint density at radius 1 is 1.10 bits per heavy atom. The predicted octanol–water partition coefficient (Wildman–Crippen LogP) is 4.09. The number of esters is 1. The van der Waals surface area contributed by atoms with Crippen molar-refractivity contribution in [3.8, 4) is 23.0 Å². The Bertz CT molecular complexity index is 1110. The van der Waals surface area contributed by atoms with E-state index in [1.54, 1.807) is 30.5 Å². The van der Waals surface area contributed by atoms with Gasteiger partial charge in [-0.15, -0.1) is 0 Å². The van der Waals surface area contributed by atoms with Crippen LogP contribution < -0.4 is 19.9 Å². The first-order valence-electron chi connectivity index (χ1n) is 9.36. The fourth-order valence-electron chi connectivity index (χ4n) is 3.20. The average Bonchev–Trinajstić information content (AvgIpc) is 3.54. The number of hydrogen-bond acceptors (Lipinski definition) is 7. The van der Waals surface area contributed by atoms with E-state index in [0.29, 0.717) is 33.8 Å². The number of benzene rings is 2. The second-order valence-corrected chi connectivity index (χ2v) is 7.18. The lowest BCUT2D eigenvalue weighted by Gasteiger charge is -2.17. The van der Waals surface area contributed by atoms with Crippen LogP contribution in [0.2, 0.25) is 0 Å². The van der Waals surface area contributed by atoms with Crippen LogP contribution in [0.5, 0.6) is 23.0 Å². The summed E-state index contributed by atoms with van der Waals surface area (Å²) in [6.07, 6.45) is 3.00. The molecule has 0 aliphatic heterocycles. The van der Waals surface area contributed by atoms with Gasteiger partial charge in [-0.05, 0) is 37.1 Å². The maximum Gasteiger partial charge on any atom is 0.315 e. The summed E-state index contributed by atoms with van der Waals surface area (Å²) in [5.74, 6) is 0.500. The number of carbonyl (C=O) groups is 1. The monoisotopic (exact) mass is 412 g/mol. The molecule has 3 aromatic rings. The zero-order valence-corrected chi connectivity index (χ0v) is 16.6. The first-order chi connectivity index (χ1) is 14.5. The van der Waals surface area contributed by atoms with E-state index in [-0.39, 0.29) is 18.3 Å². The molecule has 0 saturated heterocycles. The fourth-order valence-corrected chi connectivity index (χ4v) is 3.20. The highest BCUT2D eigenvalue weighted by molar-refractivity contribution is 5.88. The number of anilines is 1. The molecule has 0 bridgehead atoms. The Labute approximate surface area is 172 Å². The second kappa shape index (κ2) is 7.70. The first kappa shape index (κ1) is 19.8. The van der Waals surface area contributed by atoms with E-state index in [9.17, 15) is 9.18 Å². The standard InChI is InChI=1S/C22H21FN2O5/c1-27-19-10-14-16(11-20(19)29-12-22(6-7-22)21(26)28-2)25-8-5-17(14)30-18-4-3-13(24)9-15(18)23/h3-5,8-11H,6-7,12,24H2,1-2H3. The van der Waals surface area contributed by atoms with Crippen LogP contribution in [0, 0.1) is 11.2 Å². The molecule has 0 radical (unpaired) electrons. The molecule has 0 spiro atoms. The van der Waals surface area contributed by atoms with E-state index in [4.69, 9.17) is 24.7 Å². The minimum absolute atomic E-state index is 0.0461. The Kier molecular flexibility index (Phi) is 5.07.